The van der Waals surface area contributed by atoms with E-state index in [4.69, 9.17) is 0 Å². The van der Waals surface area contributed by atoms with Crippen molar-refractivity contribution in [2.45, 2.75) is 18.8 Å². The number of nitrogens with zero attached hydrogens (tertiary/aromatic N) is 5. The monoisotopic (exact) mass is 345 g/mol. The Hall–Kier alpha value is -2.09. The third-order valence-electron chi connectivity index (χ3n) is 4.65. The summed E-state index contributed by atoms with van der Waals surface area (Å²) in [7, 11) is 0. The van der Waals surface area contributed by atoms with Crippen molar-refractivity contribution in [3.05, 3.63) is 30.2 Å². The highest BCUT2D eigenvalue weighted by Crippen LogP contribution is 2.26. The first kappa shape index (κ1) is 15.4. The van der Waals surface area contributed by atoms with Gasteiger partial charge < -0.3 is 9.80 Å². The molecule has 0 aliphatic carbocycles. The Bertz CT molecular complexity index is 777. The maximum absolute atomic E-state index is 12.6. The Kier molecular flexibility index (Phi) is 4.13. The average Bonchev–Trinajstić information content (AvgIpc) is 3.21. The van der Waals surface area contributed by atoms with Crippen molar-refractivity contribution in [2.24, 2.45) is 0 Å². The summed E-state index contributed by atoms with van der Waals surface area (Å²) in [6.45, 7) is 2.26. The SMILES string of the molecule is O=C(CN1CCSC1=O)N1CCC[C@H](c2nnc3ccccn23)C1. The van der Waals surface area contributed by atoms with Gasteiger partial charge >= 0.3 is 0 Å². The largest absolute Gasteiger partial charge is 0.340 e. The Morgan fingerprint density at radius 2 is 2.21 bits per heavy atom. The molecule has 4 rings (SSSR count). The lowest BCUT2D eigenvalue weighted by atomic mass is 9.97. The van der Waals surface area contributed by atoms with E-state index in [1.165, 1.54) is 11.8 Å². The number of thioether (sulfide) groups is 1. The normalized spacial score (nSPS) is 21.7. The molecule has 0 aromatic carbocycles. The van der Waals surface area contributed by atoms with Crippen molar-refractivity contribution in [2.75, 3.05) is 31.9 Å². The zero-order valence-electron chi connectivity index (χ0n) is 13.3. The molecular weight excluding hydrogens is 326 g/mol. The van der Waals surface area contributed by atoms with Gasteiger partial charge in [-0.15, -0.1) is 10.2 Å². The summed E-state index contributed by atoms with van der Waals surface area (Å²) in [5, 5.41) is 8.56. The van der Waals surface area contributed by atoms with E-state index in [9.17, 15) is 9.59 Å². The Morgan fingerprint density at radius 1 is 1.29 bits per heavy atom. The molecule has 2 fully saturated rings. The lowest BCUT2D eigenvalue weighted by Crippen LogP contribution is -2.45. The summed E-state index contributed by atoms with van der Waals surface area (Å²) in [5.41, 5.74) is 0.829. The summed E-state index contributed by atoms with van der Waals surface area (Å²) in [6, 6.07) is 5.83. The Balaban J connectivity index is 1.47. The van der Waals surface area contributed by atoms with Gasteiger partial charge in [-0.2, -0.15) is 0 Å². The summed E-state index contributed by atoms with van der Waals surface area (Å²) >= 11 is 1.29. The van der Waals surface area contributed by atoms with Gasteiger partial charge in [-0.3, -0.25) is 14.0 Å². The van der Waals surface area contributed by atoms with Gasteiger partial charge in [-0.1, -0.05) is 17.8 Å². The Labute approximate surface area is 144 Å². The smallest absolute Gasteiger partial charge is 0.282 e. The van der Waals surface area contributed by atoms with Crippen molar-refractivity contribution in [1.29, 1.82) is 0 Å². The second kappa shape index (κ2) is 6.43. The van der Waals surface area contributed by atoms with Crippen LogP contribution in [0.5, 0.6) is 0 Å². The molecule has 0 unspecified atom stereocenters. The van der Waals surface area contributed by atoms with Crippen LogP contribution in [0.25, 0.3) is 5.65 Å². The zero-order valence-corrected chi connectivity index (χ0v) is 14.1. The number of hydrogen-bond donors (Lipinski definition) is 0. The quantitative estimate of drug-likeness (QED) is 0.845. The molecule has 0 radical (unpaired) electrons. The Morgan fingerprint density at radius 3 is 3.04 bits per heavy atom. The van der Waals surface area contributed by atoms with Gasteiger partial charge in [0.25, 0.3) is 5.24 Å². The zero-order chi connectivity index (χ0) is 16.5. The maximum Gasteiger partial charge on any atom is 0.282 e. The molecule has 2 aromatic heterocycles. The number of amides is 2. The third kappa shape index (κ3) is 2.86. The van der Waals surface area contributed by atoms with E-state index >= 15 is 0 Å². The number of pyridine rings is 1. The second-order valence-corrected chi connectivity index (χ2v) is 7.25. The maximum atomic E-state index is 12.6. The minimum Gasteiger partial charge on any atom is -0.340 e. The number of carbonyl (C=O) groups is 2. The van der Waals surface area contributed by atoms with Crippen LogP contribution >= 0.6 is 11.8 Å². The van der Waals surface area contributed by atoms with Crippen LogP contribution in [-0.4, -0.2) is 67.5 Å². The molecule has 0 saturated carbocycles. The van der Waals surface area contributed by atoms with Gasteiger partial charge in [0.15, 0.2) is 5.65 Å². The molecule has 1 atom stereocenters. The van der Waals surface area contributed by atoms with Crippen molar-refractivity contribution in [3.8, 4) is 0 Å². The minimum absolute atomic E-state index is 0.0142. The van der Waals surface area contributed by atoms with E-state index in [0.29, 0.717) is 13.1 Å². The fraction of sp³-hybridized carbons (Fsp3) is 0.500. The van der Waals surface area contributed by atoms with E-state index in [2.05, 4.69) is 10.2 Å². The van der Waals surface area contributed by atoms with Crippen molar-refractivity contribution in [1.82, 2.24) is 24.4 Å². The molecule has 0 N–H and O–H groups in total. The number of likely N-dealkylation sites (tertiary alicyclic amines) is 1. The predicted molar refractivity (Wildman–Crippen MR) is 91.0 cm³/mol. The van der Waals surface area contributed by atoms with E-state index in [0.717, 1.165) is 36.6 Å². The molecule has 8 heteroatoms. The second-order valence-electron chi connectivity index (χ2n) is 6.20. The molecule has 126 valence electrons. The summed E-state index contributed by atoms with van der Waals surface area (Å²) < 4.78 is 2.00. The predicted octanol–water partition coefficient (Wildman–Crippen LogP) is 1.60. The highest BCUT2D eigenvalue weighted by Gasteiger charge is 2.30. The molecule has 2 aromatic rings. The van der Waals surface area contributed by atoms with Gasteiger partial charge in [0.1, 0.15) is 12.4 Å². The lowest BCUT2D eigenvalue weighted by Gasteiger charge is -2.33. The van der Waals surface area contributed by atoms with E-state index < -0.39 is 0 Å². The minimum atomic E-state index is 0.0142. The van der Waals surface area contributed by atoms with Crippen LogP contribution < -0.4 is 0 Å². The number of aromatic nitrogens is 3. The molecule has 0 spiro atoms. The number of carbonyl (C=O) groups excluding carboxylic acids is 2. The van der Waals surface area contributed by atoms with Crippen LogP contribution in [0.15, 0.2) is 24.4 Å². The molecule has 2 saturated heterocycles. The molecule has 7 nitrogen and oxygen atoms in total. The molecule has 24 heavy (non-hydrogen) atoms. The molecule has 0 bridgehead atoms. The van der Waals surface area contributed by atoms with Crippen LogP contribution in [-0.2, 0) is 4.79 Å². The molecule has 4 heterocycles. The lowest BCUT2D eigenvalue weighted by molar-refractivity contribution is -0.132. The van der Waals surface area contributed by atoms with Crippen LogP contribution in [0.2, 0.25) is 0 Å². The van der Waals surface area contributed by atoms with Crippen LogP contribution in [0.1, 0.15) is 24.6 Å². The number of rotatable bonds is 3. The van der Waals surface area contributed by atoms with Crippen molar-refractivity contribution < 1.29 is 9.59 Å². The highest BCUT2D eigenvalue weighted by molar-refractivity contribution is 8.13. The summed E-state index contributed by atoms with van der Waals surface area (Å²) in [5.74, 6) is 1.91. The first-order chi connectivity index (χ1) is 11.7. The molecule has 2 aliphatic rings. The van der Waals surface area contributed by atoms with Gasteiger partial charge in [0.2, 0.25) is 5.91 Å². The van der Waals surface area contributed by atoms with Crippen molar-refractivity contribution >= 4 is 28.6 Å². The average molecular weight is 345 g/mol. The highest BCUT2D eigenvalue weighted by atomic mass is 32.2. The van der Waals surface area contributed by atoms with Crippen LogP contribution in [0, 0.1) is 0 Å². The van der Waals surface area contributed by atoms with E-state index in [-0.39, 0.29) is 23.6 Å². The number of hydrogen-bond acceptors (Lipinski definition) is 5. The molecular formula is C16H19N5O2S. The van der Waals surface area contributed by atoms with Gasteiger partial charge in [0, 0.05) is 37.5 Å². The third-order valence-corrected chi connectivity index (χ3v) is 5.54. The molecule has 2 aliphatic heterocycles. The first-order valence-electron chi connectivity index (χ1n) is 8.21. The van der Waals surface area contributed by atoms with Gasteiger partial charge in [0.05, 0.1) is 0 Å². The number of fused-ring (bicyclic) bond motifs is 1. The molecule has 2 amide bonds. The standard InChI is InChI=1S/C16H19N5O2S/c22-14(11-20-8-9-24-16(20)23)19-6-3-4-12(10-19)15-18-17-13-5-1-2-7-21(13)15/h1-2,5,7,12H,3-4,6,8-11H2/t12-/m0/s1. The van der Waals surface area contributed by atoms with Crippen LogP contribution in [0.3, 0.4) is 0 Å². The van der Waals surface area contributed by atoms with Crippen LogP contribution in [0.4, 0.5) is 4.79 Å². The van der Waals surface area contributed by atoms with Crippen molar-refractivity contribution in [3.63, 3.8) is 0 Å². The summed E-state index contributed by atoms with van der Waals surface area (Å²) in [6.07, 6.45) is 3.91. The fourth-order valence-electron chi connectivity index (χ4n) is 3.39. The van der Waals surface area contributed by atoms with Gasteiger partial charge in [-0.05, 0) is 25.0 Å². The summed E-state index contributed by atoms with van der Waals surface area (Å²) in [4.78, 5) is 27.8. The topological polar surface area (TPSA) is 70.8 Å². The van der Waals surface area contributed by atoms with Gasteiger partial charge in [-0.25, -0.2) is 0 Å². The first-order valence-corrected chi connectivity index (χ1v) is 9.20. The number of piperidine rings is 1. The van der Waals surface area contributed by atoms with E-state index in [1.807, 2.05) is 33.7 Å². The van der Waals surface area contributed by atoms with E-state index in [1.54, 1.807) is 4.90 Å². The fourth-order valence-corrected chi connectivity index (χ4v) is 4.21.